The van der Waals surface area contributed by atoms with Crippen molar-refractivity contribution in [3.63, 3.8) is 0 Å². The lowest BCUT2D eigenvalue weighted by molar-refractivity contribution is -0.135. The predicted molar refractivity (Wildman–Crippen MR) is 59.4 cm³/mol. The van der Waals surface area contributed by atoms with Crippen LogP contribution in [0.3, 0.4) is 0 Å². The summed E-state index contributed by atoms with van der Waals surface area (Å²) in [4.78, 5) is 24.0. The zero-order chi connectivity index (χ0) is 11.6. The summed E-state index contributed by atoms with van der Waals surface area (Å²) in [7, 11) is 1.21. The molecule has 1 aromatic rings. The number of rotatable bonds is 2. The van der Waals surface area contributed by atoms with E-state index in [2.05, 4.69) is 25.5 Å². The first-order valence-corrected chi connectivity index (χ1v) is 5.41. The zero-order valence-electron chi connectivity index (χ0n) is 9.29. The molecule has 0 aliphatic rings. The van der Waals surface area contributed by atoms with Crippen molar-refractivity contribution in [2.45, 2.75) is 26.2 Å². The van der Waals surface area contributed by atoms with Gasteiger partial charge in [0.25, 0.3) is 5.78 Å². The quantitative estimate of drug-likeness (QED) is 0.442. The molecule has 0 atom stereocenters. The van der Waals surface area contributed by atoms with Crippen molar-refractivity contribution in [3.05, 3.63) is 21.9 Å². The Bertz CT molecular complexity index is 385. The van der Waals surface area contributed by atoms with Crippen LogP contribution in [0, 0.1) is 0 Å². The van der Waals surface area contributed by atoms with E-state index in [0.717, 1.165) is 4.88 Å². The maximum atomic E-state index is 11.5. The Kier molecular flexibility index (Phi) is 3.29. The smallest absolute Gasteiger partial charge is 0.380 e. The molecule has 0 saturated carbocycles. The summed E-state index contributed by atoms with van der Waals surface area (Å²) in [6.07, 6.45) is 0. The summed E-state index contributed by atoms with van der Waals surface area (Å²) in [6, 6.07) is 3.55. The fourth-order valence-electron chi connectivity index (χ4n) is 1.06. The molecule has 1 aromatic heterocycles. The largest absolute Gasteiger partial charge is 0.463 e. The van der Waals surface area contributed by atoms with Gasteiger partial charge in [-0.2, -0.15) is 0 Å². The molecule has 0 bridgehead atoms. The Morgan fingerprint density at radius 2 is 1.87 bits per heavy atom. The number of esters is 1. The fourth-order valence-corrected chi connectivity index (χ4v) is 2.05. The molecule has 0 spiro atoms. The topological polar surface area (TPSA) is 43.4 Å². The minimum atomic E-state index is -0.808. The molecule has 4 heteroatoms. The second-order valence-corrected chi connectivity index (χ2v) is 5.32. The van der Waals surface area contributed by atoms with Gasteiger partial charge in [-0.15, -0.1) is 11.3 Å². The molecule has 0 aliphatic carbocycles. The van der Waals surface area contributed by atoms with Crippen LogP contribution in [0.15, 0.2) is 12.1 Å². The Morgan fingerprint density at radius 3 is 2.27 bits per heavy atom. The second-order valence-electron chi connectivity index (χ2n) is 4.23. The number of carbonyl (C=O) groups excluding carboxylic acids is 2. The van der Waals surface area contributed by atoms with Gasteiger partial charge < -0.3 is 4.74 Å². The van der Waals surface area contributed by atoms with Gasteiger partial charge in [0.2, 0.25) is 0 Å². The van der Waals surface area contributed by atoms with Gasteiger partial charge in [0.15, 0.2) is 0 Å². The summed E-state index contributed by atoms with van der Waals surface area (Å²) >= 11 is 1.34. The van der Waals surface area contributed by atoms with Crippen LogP contribution in [0.4, 0.5) is 0 Å². The first kappa shape index (κ1) is 11.9. The van der Waals surface area contributed by atoms with E-state index in [4.69, 9.17) is 0 Å². The first-order valence-electron chi connectivity index (χ1n) is 4.59. The number of ketones is 1. The molecule has 1 rings (SSSR count). The number of hydrogen-bond donors (Lipinski definition) is 0. The Labute approximate surface area is 93.1 Å². The molecule has 0 aromatic carbocycles. The normalized spacial score (nSPS) is 11.2. The third-order valence-electron chi connectivity index (χ3n) is 1.94. The van der Waals surface area contributed by atoms with E-state index < -0.39 is 11.8 Å². The number of hydrogen-bond acceptors (Lipinski definition) is 4. The van der Waals surface area contributed by atoms with Gasteiger partial charge in [-0.25, -0.2) is 4.79 Å². The average molecular weight is 226 g/mol. The summed E-state index contributed by atoms with van der Waals surface area (Å²) in [5.41, 5.74) is -0.000679. The summed E-state index contributed by atoms with van der Waals surface area (Å²) in [5, 5.41) is 0. The fraction of sp³-hybridized carbons (Fsp3) is 0.455. The van der Waals surface area contributed by atoms with Crippen LogP contribution < -0.4 is 0 Å². The number of thiophene rings is 1. The van der Waals surface area contributed by atoms with Crippen molar-refractivity contribution < 1.29 is 14.3 Å². The van der Waals surface area contributed by atoms with Crippen LogP contribution >= 0.6 is 11.3 Å². The molecule has 1 heterocycles. The number of carbonyl (C=O) groups is 2. The number of ether oxygens (including phenoxy) is 1. The van der Waals surface area contributed by atoms with Gasteiger partial charge in [-0.1, -0.05) is 20.8 Å². The van der Waals surface area contributed by atoms with Crippen LogP contribution in [0.5, 0.6) is 0 Å². The van der Waals surface area contributed by atoms with Crippen molar-refractivity contribution in [1.29, 1.82) is 0 Å². The molecule has 0 unspecified atom stereocenters. The lowest BCUT2D eigenvalue weighted by atomic mass is 9.95. The second kappa shape index (κ2) is 4.14. The third-order valence-corrected chi connectivity index (χ3v) is 3.45. The van der Waals surface area contributed by atoms with Crippen molar-refractivity contribution in [3.8, 4) is 0 Å². The monoisotopic (exact) mass is 226 g/mol. The van der Waals surface area contributed by atoms with E-state index in [-0.39, 0.29) is 5.41 Å². The van der Waals surface area contributed by atoms with E-state index >= 15 is 0 Å². The van der Waals surface area contributed by atoms with Crippen LogP contribution in [0.25, 0.3) is 0 Å². The first-order chi connectivity index (χ1) is 6.86. The summed E-state index contributed by atoms with van der Waals surface area (Å²) in [5.74, 6) is -1.38. The Morgan fingerprint density at radius 1 is 1.27 bits per heavy atom. The van der Waals surface area contributed by atoms with E-state index in [9.17, 15) is 9.59 Å². The van der Waals surface area contributed by atoms with Gasteiger partial charge in [-0.05, 0) is 17.5 Å². The van der Waals surface area contributed by atoms with Gasteiger partial charge in [0, 0.05) is 4.88 Å². The molecule has 0 radical (unpaired) electrons. The highest BCUT2D eigenvalue weighted by atomic mass is 32.1. The number of methoxy groups -OCH3 is 1. The molecule has 0 N–H and O–H groups in total. The molecule has 0 amide bonds. The highest BCUT2D eigenvalue weighted by Gasteiger charge is 2.22. The SMILES string of the molecule is COC(=O)C(=O)c1ccc(C(C)(C)C)s1. The molecule has 15 heavy (non-hydrogen) atoms. The van der Waals surface area contributed by atoms with Gasteiger partial charge in [-0.3, -0.25) is 4.79 Å². The molecule has 0 aliphatic heterocycles. The van der Waals surface area contributed by atoms with Gasteiger partial charge in [0.05, 0.1) is 12.0 Å². The van der Waals surface area contributed by atoms with E-state index in [1.807, 2.05) is 6.07 Å². The lowest BCUT2D eigenvalue weighted by Gasteiger charge is -2.15. The predicted octanol–water partition coefficient (Wildman–Crippen LogP) is 2.40. The summed E-state index contributed by atoms with van der Waals surface area (Å²) < 4.78 is 4.38. The van der Waals surface area contributed by atoms with E-state index in [1.54, 1.807) is 6.07 Å². The minimum Gasteiger partial charge on any atom is -0.463 e. The molecule has 3 nitrogen and oxygen atoms in total. The molecular formula is C11H14O3S. The van der Waals surface area contributed by atoms with Crippen molar-refractivity contribution in [2.75, 3.05) is 7.11 Å². The lowest BCUT2D eigenvalue weighted by Crippen LogP contribution is -2.14. The highest BCUT2D eigenvalue weighted by Crippen LogP contribution is 2.29. The van der Waals surface area contributed by atoms with Crippen LogP contribution in [-0.4, -0.2) is 18.9 Å². The van der Waals surface area contributed by atoms with Gasteiger partial charge in [0.1, 0.15) is 0 Å². The Balaban J connectivity index is 2.95. The van der Waals surface area contributed by atoms with Crippen molar-refractivity contribution in [1.82, 2.24) is 0 Å². The molecule has 0 fully saturated rings. The van der Waals surface area contributed by atoms with Crippen LogP contribution in [0.1, 0.15) is 35.3 Å². The van der Waals surface area contributed by atoms with Crippen LogP contribution in [0.2, 0.25) is 0 Å². The zero-order valence-corrected chi connectivity index (χ0v) is 10.1. The standard InChI is InChI=1S/C11H14O3S/c1-11(2,3)8-6-5-7(15-8)9(12)10(13)14-4/h5-6H,1-4H3. The Hall–Kier alpha value is -1.16. The average Bonchev–Trinajstić information content (AvgIpc) is 2.63. The summed E-state index contributed by atoms with van der Waals surface area (Å²) in [6.45, 7) is 6.18. The third kappa shape index (κ3) is 2.65. The number of Topliss-reactive ketones (excluding diaryl/α,β-unsaturated/α-hetero) is 1. The maximum Gasteiger partial charge on any atom is 0.380 e. The molecule has 0 saturated heterocycles. The van der Waals surface area contributed by atoms with Crippen LogP contribution in [-0.2, 0) is 14.9 Å². The molecular weight excluding hydrogens is 212 g/mol. The van der Waals surface area contributed by atoms with Crippen molar-refractivity contribution in [2.24, 2.45) is 0 Å². The van der Waals surface area contributed by atoms with E-state index in [1.165, 1.54) is 18.4 Å². The van der Waals surface area contributed by atoms with Gasteiger partial charge >= 0.3 is 5.97 Å². The van der Waals surface area contributed by atoms with Crippen molar-refractivity contribution >= 4 is 23.1 Å². The minimum absolute atomic E-state index is 0.000679. The molecule has 82 valence electrons. The highest BCUT2D eigenvalue weighted by molar-refractivity contribution is 7.15. The van der Waals surface area contributed by atoms with E-state index in [0.29, 0.717) is 4.88 Å². The maximum absolute atomic E-state index is 11.5.